The predicted octanol–water partition coefficient (Wildman–Crippen LogP) is 4.17. The van der Waals surface area contributed by atoms with Crippen molar-refractivity contribution in [3.05, 3.63) is 33.6 Å². The zero-order valence-electron chi connectivity index (χ0n) is 8.25. The molecule has 0 aliphatic rings. The van der Waals surface area contributed by atoms with Gasteiger partial charge in [0.1, 0.15) is 5.82 Å². The maximum absolute atomic E-state index is 12.6. The quantitative estimate of drug-likeness (QED) is 0.855. The van der Waals surface area contributed by atoms with Crippen LogP contribution in [0, 0.1) is 0 Å². The van der Waals surface area contributed by atoms with Gasteiger partial charge in [-0.25, -0.2) is 4.98 Å². The fourth-order valence-electron chi connectivity index (χ4n) is 1.31. The predicted molar refractivity (Wildman–Crippen MR) is 64.7 cm³/mol. The van der Waals surface area contributed by atoms with E-state index in [-0.39, 0.29) is 11.5 Å². The van der Waals surface area contributed by atoms with Crippen molar-refractivity contribution in [2.45, 2.75) is 6.18 Å². The molecule has 2 nitrogen and oxygen atoms in total. The Kier molecular flexibility index (Phi) is 3.13. The number of nitrogen functional groups attached to an aromatic ring is 1. The summed E-state index contributed by atoms with van der Waals surface area (Å²) in [5.74, 6) is -0.143. The molecule has 2 aromatic heterocycles. The van der Waals surface area contributed by atoms with E-state index >= 15 is 0 Å². The fourth-order valence-corrected chi connectivity index (χ4v) is 2.85. The highest BCUT2D eigenvalue weighted by Crippen LogP contribution is 2.37. The number of anilines is 1. The zero-order chi connectivity index (χ0) is 12.6. The molecule has 0 aliphatic heterocycles. The second kappa shape index (κ2) is 4.30. The molecule has 2 aromatic rings. The second-order valence-corrected chi connectivity index (χ2v) is 5.03. The molecule has 0 spiro atoms. The lowest BCUT2D eigenvalue weighted by atomic mass is 10.2. The number of pyridine rings is 1. The van der Waals surface area contributed by atoms with E-state index in [1.165, 1.54) is 11.3 Å². The second-order valence-electron chi connectivity index (χ2n) is 3.26. The third kappa shape index (κ3) is 2.61. The molecule has 0 atom stereocenters. The molecule has 0 fully saturated rings. The number of alkyl halides is 3. The van der Waals surface area contributed by atoms with E-state index in [1.807, 2.05) is 0 Å². The van der Waals surface area contributed by atoms with Gasteiger partial charge in [0.15, 0.2) is 0 Å². The van der Waals surface area contributed by atoms with E-state index in [4.69, 9.17) is 5.73 Å². The number of hydrogen-bond acceptors (Lipinski definition) is 3. The molecular weight excluding hydrogens is 317 g/mol. The van der Waals surface area contributed by atoms with Crippen molar-refractivity contribution in [3.63, 3.8) is 0 Å². The Morgan fingerprint density at radius 2 is 2.00 bits per heavy atom. The van der Waals surface area contributed by atoms with E-state index in [0.717, 1.165) is 12.1 Å². The smallest absolute Gasteiger partial charge is 0.384 e. The summed E-state index contributed by atoms with van der Waals surface area (Å²) >= 11 is 4.55. The highest BCUT2D eigenvalue weighted by atomic mass is 79.9. The number of nitrogens with zero attached hydrogens (tertiary/aromatic N) is 1. The summed E-state index contributed by atoms with van der Waals surface area (Å²) in [5.41, 5.74) is 4.82. The van der Waals surface area contributed by atoms with Crippen molar-refractivity contribution >= 4 is 33.1 Å². The molecule has 2 heterocycles. The molecule has 90 valence electrons. The van der Waals surface area contributed by atoms with Crippen LogP contribution in [0.2, 0.25) is 0 Å². The normalized spacial score (nSPS) is 11.8. The maximum atomic E-state index is 12.6. The first-order valence-corrected chi connectivity index (χ1v) is 6.13. The van der Waals surface area contributed by atoms with Crippen LogP contribution in [0.15, 0.2) is 28.1 Å². The van der Waals surface area contributed by atoms with Crippen LogP contribution in [0.3, 0.4) is 0 Å². The number of hydrogen-bond donors (Lipinski definition) is 1. The van der Waals surface area contributed by atoms with Crippen LogP contribution in [0.25, 0.3) is 10.6 Å². The van der Waals surface area contributed by atoms with Gasteiger partial charge < -0.3 is 5.73 Å². The van der Waals surface area contributed by atoms with Crippen LogP contribution in [0.4, 0.5) is 19.0 Å². The lowest BCUT2D eigenvalue weighted by molar-refractivity contribution is -0.137. The first-order valence-electron chi connectivity index (χ1n) is 4.46. The Balaban J connectivity index is 2.57. The van der Waals surface area contributed by atoms with Crippen molar-refractivity contribution in [1.29, 1.82) is 0 Å². The minimum atomic E-state index is -4.42. The maximum Gasteiger partial charge on any atom is 0.416 e. The molecule has 17 heavy (non-hydrogen) atoms. The van der Waals surface area contributed by atoms with Gasteiger partial charge in [-0.3, -0.25) is 0 Å². The molecule has 0 unspecified atom stereocenters. The summed E-state index contributed by atoms with van der Waals surface area (Å²) in [7, 11) is 0. The molecule has 0 bridgehead atoms. The molecular formula is C10H6BrF3N2S. The molecule has 0 radical (unpaired) electrons. The molecule has 0 saturated carbocycles. The number of rotatable bonds is 1. The Morgan fingerprint density at radius 1 is 1.29 bits per heavy atom. The van der Waals surface area contributed by atoms with E-state index in [1.54, 1.807) is 11.4 Å². The zero-order valence-corrected chi connectivity index (χ0v) is 10.7. The Morgan fingerprint density at radius 3 is 2.53 bits per heavy atom. The molecule has 0 aliphatic carbocycles. The number of aromatic nitrogens is 1. The molecule has 2 rings (SSSR count). The summed E-state index contributed by atoms with van der Waals surface area (Å²) in [6, 6.07) is 3.57. The summed E-state index contributed by atoms with van der Waals surface area (Å²) in [6.45, 7) is 0. The lowest BCUT2D eigenvalue weighted by Gasteiger charge is -2.09. The minimum absolute atomic E-state index is 0.143. The van der Waals surface area contributed by atoms with Crippen molar-refractivity contribution in [2.24, 2.45) is 0 Å². The van der Waals surface area contributed by atoms with Gasteiger partial charge >= 0.3 is 6.18 Å². The van der Waals surface area contributed by atoms with Crippen LogP contribution in [0.1, 0.15) is 5.56 Å². The lowest BCUT2D eigenvalue weighted by Crippen LogP contribution is -2.07. The topological polar surface area (TPSA) is 38.9 Å². The Labute approximate surface area is 107 Å². The summed E-state index contributed by atoms with van der Waals surface area (Å²) in [4.78, 5) is 4.54. The van der Waals surface area contributed by atoms with Gasteiger partial charge in [-0.15, -0.1) is 11.3 Å². The standard InChI is InChI=1S/C10H6BrF3N2S/c11-6-1-2-17-9(6)7-3-5(10(12,13)14)4-8(15)16-7/h1-4H,(H2,15,16). The monoisotopic (exact) mass is 322 g/mol. The minimum Gasteiger partial charge on any atom is -0.384 e. The Hall–Kier alpha value is -1.08. The van der Waals surface area contributed by atoms with Crippen LogP contribution in [0.5, 0.6) is 0 Å². The van der Waals surface area contributed by atoms with Crippen LogP contribution in [-0.2, 0) is 6.18 Å². The van der Waals surface area contributed by atoms with E-state index in [0.29, 0.717) is 9.35 Å². The number of nitrogens with two attached hydrogens (primary N) is 1. The van der Waals surface area contributed by atoms with Gasteiger partial charge in [-0.05, 0) is 39.5 Å². The van der Waals surface area contributed by atoms with Crippen molar-refractivity contribution < 1.29 is 13.2 Å². The van der Waals surface area contributed by atoms with Gasteiger partial charge in [-0.1, -0.05) is 0 Å². The summed E-state index contributed by atoms with van der Waals surface area (Å²) in [5, 5.41) is 1.76. The van der Waals surface area contributed by atoms with Gasteiger partial charge in [-0.2, -0.15) is 13.2 Å². The molecule has 0 saturated heterocycles. The first kappa shape index (κ1) is 12.4. The average molecular weight is 323 g/mol. The largest absolute Gasteiger partial charge is 0.416 e. The van der Waals surface area contributed by atoms with Crippen molar-refractivity contribution in [3.8, 4) is 10.6 Å². The number of halogens is 4. The van der Waals surface area contributed by atoms with Gasteiger partial charge in [0, 0.05) is 4.47 Å². The van der Waals surface area contributed by atoms with Crippen LogP contribution < -0.4 is 5.73 Å². The van der Waals surface area contributed by atoms with E-state index in [9.17, 15) is 13.2 Å². The van der Waals surface area contributed by atoms with Crippen molar-refractivity contribution in [1.82, 2.24) is 4.98 Å². The highest BCUT2D eigenvalue weighted by Gasteiger charge is 2.31. The third-order valence-corrected chi connectivity index (χ3v) is 3.88. The molecule has 2 N–H and O–H groups in total. The molecule has 7 heteroatoms. The SMILES string of the molecule is Nc1cc(C(F)(F)F)cc(-c2sccc2Br)n1. The highest BCUT2D eigenvalue weighted by molar-refractivity contribution is 9.10. The third-order valence-electron chi connectivity index (χ3n) is 2.02. The molecule has 0 aromatic carbocycles. The van der Waals surface area contributed by atoms with Gasteiger partial charge in [0.2, 0.25) is 0 Å². The number of thiophene rings is 1. The van der Waals surface area contributed by atoms with E-state index in [2.05, 4.69) is 20.9 Å². The van der Waals surface area contributed by atoms with Gasteiger partial charge in [0.25, 0.3) is 0 Å². The summed E-state index contributed by atoms with van der Waals surface area (Å²) < 4.78 is 38.5. The fraction of sp³-hybridized carbons (Fsp3) is 0.100. The average Bonchev–Trinajstić information content (AvgIpc) is 2.62. The molecule has 0 amide bonds. The Bertz CT molecular complexity index is 551. The summed E-state index contributed by atoms with van der Waals surface area (Å²) in [6.07, 6.45) is -4.42. The van der Waals surface area contributed by atoms with Crippen molar-refractivity contribution in [2.75, 3.05) is 5.73 Å². The van der Waals surface area contributed by atoms with Crippen LogP contribution in [-0.4, -0.2) is 4.98 Å². The van der Waals surface area contributed by atoms with E-state index < -0.39 is 11.7 Å². The first-order chi connectivity index (χ1) is 7.88. The van der Waals surface area contributed by atoms with Crippen LogP contribution >= 0.6 is 27.3 Å². The van der Waals surface area contributed by atoms with Gasteiger partial charge in [0.05, 0.1) is 16.1 Å².